The molecule has 0 aliphatic carbocycles. The lowest BCUT2D eigenvalue weighted by Crippen LogP contribution is -2.46. The fraction of sp³-hybridized carbons (Fsp3) is 0.467. The molecule has 2 amide bonds. The number of benzene rings is 1. The van der Waals surface area contributed by atoms with E-state index in [0.717, 1.165) is 4.90 Å². The Bertz CT molecular complexity index is 607. The molecule has 24 heavy (non-hydrogen) atoms. The molecule has 1 fully saturated rings. The van der Waals surface area contributed by atoms with Crippen LogP contribution < -0.4 is 5.32 Å². The molecular formula is C15H16F4N2O3. The Morgan fingerprint density at radius 3 is 2.67 bits per heavy atom. The third-order valence-electron chi connectivity index (χ3n) is 3.56. The van der Waals surface area contributed by atoms with Gasteiger partial charge >= 0.3 is 12.3 Å². The summed E-state index contributed by atoms with van der Waals surface area (Å²) < 4.78 is 53.9. The van der Waals surface area contributed by atoms with E-state index in [1.165, 1.54) is 18.2 Å². The molecule has 0 bridgehead atoms. The molecule has 1 saturated heterocycles. The van der Waals surface area contributed by atoms with Crippen molar-refractivity contribution in [3.63, 3.8) is 0 Å². The summed E-state index contributed by atoms with van der Waals surface area (Å²) in [5, 5.41) is 2.49. The van der Waals surface area contributed by atoms with E-state index < -0.39 is 36.6 Å². The fourth-order valence-corrected chi connectivity index (χ4v) is 2.43. The van der Waals surface area contributed by atoms with Crippen molar-refractivity contribution >= 4 is 12.0 Å². The van der Waals surface area contributed by atoms with Gasteiger partial charge in [0.05, 0.1) is 0 Å². The van der Waals surface area contributed by atoms with Crippen molar-refractivity contribution < 1.29 is 31.9 Å². The Balaban J connectivity index is 1.91. The lowest BCUT2D eigenvalue weighted by molar-refractivity contribution is -0.162. The van der Waals surface area contributed by atoms with Crippen LogP contribution in [-0.2, 0) is 16.1 Å². The second-order valence-electron chi connectivity index (χ2n) is 5.33. The van der Waals surface area contributed by atoms with Gasteiger partial charge in [-0.1, -0.05) is 18.2 Å². The van der Waals surface area contributed by atoms with Crippen molar-refractivity contribution in [1.82, 2.24) is 10.2 Å². The van der Waals surface area contributed by atoms with Gasteiger partial charge in [0.25, 0.3) is 0 Å². The maximum absolute atomic E-state index is 13.5. The molecule has 1 aliphatic rings. The summed E-state index contributed by atoms with van der Waals surface area (Å²) in [6.07, 6.45) is -5.03. The van der Waals surface area contributed by atoms with Crippen LogP contribution in [0.2, 0.25) is 0 Å². The second kappa shape index (κ2) is 7.50. The van der Waals surface area contributed by atoms with Crippen LogP contribution in [0.4, 0.5) is 22.4 Å². The first-order valence-corrected chi connectivity index (χ1v) is 7.29. The first-order chi connectivity index (χ1) is 11.3. The highest BCUT2D eigenvalue weighted by Crippen LogP contribution is 2.21. The molecule has 1 aliphatic heterocycles. The van der Waals surface area contributed by atoms with Gasteiger partial charge in [-0.3, -0.25) is 9.69 Å². The van der Waals surface area contributed by atoms with Gasteiger partial charge in [-0.05, 0) is 18.9 Å². The molecule has 1 aromatic rings. The standard InChI is InChI=1S/C15H16F4N2O3/c16-11-5-2-1-4-10(11)8-20-13(22)12-6-3-7-21(12)14(23)24-9-15(17,18)19/h1-2,4-5,12H,3,6-9H2,(H,20,22)/t12-/m1/s1. The van der Waals surface area contributed by atoms with Crippen molar-refractivity contribution in [3.05, 3.63) is 35.6 Å². The maximum atomic E-state index is 13.5. The van der Waals surface area contributed by atoms with Crippen molar-refractivity contribution in [1.29, 1.82) is 0 Å². The minimum atomic E-state index is -4.63. The number of alkyl halides is 3. The normalized spacial score (nSPS) is 17.7. The summed E-state index contributed by atoms with van der Waals surface area (Å²) in [5.41, 5.74) is 0.273. The van der Waals surface area contributed by atoms with Crippen LogP contribution in [0.3, 0.4) is 0 Å². The summed E-state index contributed by atoms with van der Waals surface area (Å²) in [6, 6.07) is 4.95. The first-order valence-electron chi connectivity index (χ1n) is 7.29. The third-order valence-corrected chi connectivity index (χ3v) is 3.56. The number of carbonyl (C=O) groups is 2. The smallest absolute Gasteiger partial charge is 0.422 e. The van der Waals surface area contributed by atoms with Gasteiger partial charge in [-0.15, -0.1) is 0 Å². The van der Waals surface area contributed by atoms with E-state index in [4.69, 9.17) is 0 Å². The Hall–Kier alpha value is -2.32. The molecule has 1 N–H and O–H groups in total. The van der Waals surface area contributed by atoms with Crippen LogP contribution in [-0.4, -0.2) is 42.3 Å². The highest BCUT2D eigenvalue weighted by Gasteiger charge is 2.37. The zero-order valence-corrected chi connectivity index (χ0v) is 12.6. The number of carbonyl (C=O) groups excluding carboxylic acids is 2. The zero-order valence-electron chi connectivity index (χ0n) is 12.6. The summed E-state index contributed by atoms with van der Waals surface area (Å²) in [7, 11) is 0. The number of halogens is 4. The molecule has 0 aromatic heterocycles. The van der Waals surface area contributed by atoms with Gasteiger partial charge in [-0.25, -0.2) is 9.18 Å². The number of likely N-dealkylation sites (tertiary alicyclic amines) is 1. The van der Waals surface area contributed by atoms with Crippen LogP contribution in [0, 0.1) is 5.82 Å². The van der Waals surface area contributed by atoms with Crippen LogP contribution in [0.15, 0.2) is 24.3 Å². The highest BCUT2D eigenvalue weighted by atomic mass is 19.4. The lowest BCUT2D eigenvalue weighted by atomic mass is 10.2. The fourth-order valence-electron chi connectivity index (χ4n) is 2.43. The summed E-state index contributed by atoms with van der Waals surface area (Å²) in [4.78, 5) is 24.8. The molecule has 1 heterocycles. The van der Waals surface area contributed by atoms with Crippen molar-refractivity contribution in [2.45, 2.75) is 31.6 Å². The Kier molecular flexibility index (Phi) is 5.63. The number of nitrogens with one attached hydrogen (secondary N) is 1. The molecule has 0 radical (unpaired) electrons. The third kappa shape index (κ3) is 4.84. The molecule has 5 nitrogen and oxygen atoms in total. The number of rotatable bonds is 4. The van der Waals surface area contributed by atoms with E-state index in [2.05, 4.69) is 10.1 Å². The van der Waals surface area contributed by atoms with Gasteiger partial charge in [0.2, 0.25) is 5.91 Å². The number of nitrogens with zero attached hydrogens (tertiary/aromatic N) is 1. The highest BCUT2D eigenvalue weighted by molar-refractivity contribution is 5.86. The van der Waals surface area contributed by atoms with Gasteiger partial charge in [0.15, 0.2) is 6.61 Å². The van der Waals surface area contributed by atoms with E-state index in [0.29, 0.717) is 12.8 Å². The van der Waals surface area contributed by atoms with E-state index >= 15 is 0 Å². The number of amides is 2. The Morgan fingerprint density at radius 2 is 2.00 bits per heavy atom. The molecule has 132 valence electrons. The zero-order chi connectivity index (χ0) is 17.7. The van der Waals surface area contributed by atoms with Crippen LogP contribution in [0.5, 0.6) is 0 Å². The number of hydrogen-bond donors (Lipinski definition) is 1. The molecule has 0 spiro atoms. The van der Waals surface area contributed by atoms with E-state index in [1.807, 2.05) is 0 Å². The minimum absolute atomic E-state index is 0.0759. The SMILES string of the molecule is O=C(NCc1ccccc1F)[C@H]1CCCN1C(=O)OCC(F)(F)F. The van der Waals surface area contributed by atoms with Gasteiger partial charge in [0.1, 0.15) is 11.9 Å². The average molecular weight is 348 g/mol. The summed E-state index contributed by atoms with van der Waals surface area (Å²) in [6.45, 7) is -1.65. The number of ether oxygens (including phenoxy) is 1. The van der Waals surface area contributed by atoms with Gasteiger partial charge < -0.3 is 10.1 Å². The van der Waals surface area contributed by atoms with Gasteiger partial charge in [-0.2, -0.15) is 13.2 Å². The minimum Gasteiger partial charge on any atom is -0.440 e. The van der Waals surface area contributed by atoms with Crippen molar-refractivity contribution in [2.75, 3.05) is 13.2 Å². The average Bonchev–Trinajstić information content (AvgIpc) is 3.00. The molecule has 0 unspecified atom stereocenters. The predicted octanol–water partition coefficient (Wildman–Crippen LogP) is 2.61. The summed E-state index contributed by atoms with van der Waals surface area (Å²) >= 11 is 0. The van der Waals surface area contributed by atoms with Crippen molar-refractivity contribution in [3.8, 4) is 0 Å². The first kappa shape index (κ1) is 18.0. The largest absolute Gasteiger partial charge is 0.440 e. The molecule has 2 rings (SSSR count). The topological polar surface area (TPSA) is 58.6 Å². The molecular weight excluding hydrogens is 332 g/mol. The van der Waals surface area contributed by atoms with E-state index in [1.54, 1.807) is 6.07 Å². The monoisotopic (exact) mass is 348 g/mol. The number of hydrogen-bond acceptors (Lipinski definition) is 3. The van der Waals surface area contributed by atoms with E-state index in [9.17, 15) is 27.2 Å². The Morgan fingerprint density at radius 1 is 1.29 bits per heavy atom. The maximum Gasteiger partial charge on any atom is 0.422 e. The molecule has 9 heteroatoms. The Labute approximate surface area is 135 Å². The molecule has 0 saturated carbocycles. The molecule has 1 atom stereocenters. The quantitative estimate of drug-likeness (QED) is 0.851. The van der Waals surface area contributed by atoms with Crippen molar-refractivity contribution in [2.24, 2.45) is 0 Å². The van der Waals surface area contributed by atoms with Crippen LogP contribution in [0.1, 0.15) is 18.4 Å². The van der Waals surface area contributed by atoms with Gasteiger partial charge in [0, 0.05) is 18.7 Å². The summed E-state index contributed by atoms with van der Waals surface area (Å²) in [5.74, 6) is -1.04. The lowest BCUT2D eigenvalue weighted by Gasteiger charge is -2.23. The van der Waals surface area contributed by atoms with Crippen LogP contribution >= 0.6 is 0 Å². The second-order valence-corrected chi connectivity index (χ2v) is 5.33. The predicted molar refractivity (Wildman–Crippen MR) is 75.4 cm³/mol. The molecule has 1 aromatic carbocycles. The van der Waals surface area contributed by atoms with Crippen LogP contribution in [0.25, 0.3) is 0 Å². The van der Waals surface area contributed by atoms with E-state index in [-0.39, 0.29) is 18.7 Å².